The molecule has 0 saturated carbocycles. The van der Waals surface area contributed by atoms with E-state index in [2.05, 4.69) is 9.97 Å². The third kappa shape index (κ3) is 3.19. The molecule has 0 aliphatic carbocycles. The molecule has 0 amide bonds. The Kier molecular flexibility index (Phi) is 3.99. The average Bonchev–Trinajstić information content (AvgIpc) is 2.32. The summed E-state index contributed by atoms with van der Waals surface area (Å²) in [7, 11) is 0. The molecule has 2 heterocycles. The Bertz CT molecular complexity index is 519. The summed E-state index contributed by atoms with van der Waals surface area (Å²) in [6.45, 7) is 1.72. The van der Waals surface area contributed by atoms with Gasteiger partial charge in [0.15, 0.2) is 0 Å². The van der Waals surface area contributed by atoms with Crippen LogP contribution in [0.3, 0.4) is 0 Å². The maximum absolute atomic E-state index is 9.49. The molecule has 1 atom stereocenters. The predicted octanol–water partition coefficient (Wildman–Crippen LogP) is 3.33. The average molecular weight is 267 g/mol. The van der Waals surface area contributed by atoms with Gasteiger partial charge < -0.3 is 5.11 Å². The Labute approximate surface area is 109 Å². The first-order chi connectivity index (χ1) is 8.16. The van der Waals surface area contributed by atoms with Crippen molar-refractivity contribution in [2.75, 3.05) is 0 Å². The van der Waals surface area contributed by atoms with Crippen LogP contribution in [-0.2, 0) is 0 Å². The van der Waals surface area contributed by atoms with Gasteiger partial charge in [-0.2, -0.15) is 0 Å². The fraction of sp³-hybridized carbons (Fsp3) is 0.167. The molecule has 2 aromatic rings. The van der Waals surface area contributed by atoms with Gasteiger partial charge >= 0.3 is 0 Å². The largest absolute Gasteiger partial charge is 0.389 e. The molecular formula is C12H11ClN2OS. The van der Waals surface area contributed by atoms with E-state index in [1.807, 2.05) is 6.07 Å². The van der Waals surface area contributed by atoms with Gasteiger partial charge in [0.25, 0.3) is 0 Å². The molecule has 0 aliphatic rings. The minimum atomic E-state index is -0.503. The third-order valence-electron chi connectivity index (χ3n) is 2.17. The highest BCUT2D eigenvalue weighted by Gasteiger charge is 2.07. The van der Waals surface area contributed by atoms with E-state index in [4.69, 9.17) is 11.6 Å². The van der Waals surface area contributed by atoms with E-state index < -0.39 is 6.10 Å². The number of hydrogen-bond donors (Lipinski definition) is 1. The van der Waals surface area contributed by atoms with Crippen LogP contribution in [0.4, 0.5) is 0 Å². The van der Waals surface area contributed by atoms with Crippen molar-refractivity contribution in [2.24, 2.45) is 0 Å². The molecular weight excluding hydrogens is 256 g/mol. The molecule has 5 heteroatoms. The predicted molar refractivity (Wildman–Crippen MR) is 68.2 cm³/mol. The molecule has 2 aromatic heterocycles. The molecule has 0 radical (unpaired) electrons. The van der Waals surface area contributed by atoms with Crippen molar-refractivity contribution < 1.29 is 5.11 Å². The van der Waals surface area contributed by atoms with Crippen LogP contribution < -0.4 is 0 Å². The Morgan fingerprint density at radius 3 is 2.82 bits per heavy atom. The van der Waals surface area contributed by atoms with Crippen molar-refractivity contribution in [2.45, 2.75) is 23.1 Å². The highest BCUT2D eigenvalue weighted by molar-refractivity contribution is 7.99. The number of halogens is 1. The Hall–Kier alpha value is -1.10. The summed E-state index contributed by atoms with van der Waals surface area (Å²) in [4.78, 5) is 8.39. The van der Waals surface area contributed by atoms with E-state index >= 15 is 0 Å². The Balaban J connectivity index is 2.25. The van der Waals surface area contributed by atoms with Gasteiger partial charge in [-0.15, -0.1) is 0 Å². The summed E-state index contributed by atoms with van der Waals surface area (Å²) in [5.41, 5.74) is 0.828. The minimum absolute atomic E-state index is 0.503. The number of rotatable bonds is 3. The monoisotopic (exact) mass is 266 g/mol. The summed E-state index contributed by atoms with van der Waals surface area (Å²) in [5.74, 6) is 0. The van der Waals surface area contributed by atoms with Gasteiger partial charge in [-0.1, -0.05) is 11.6 Å². The number of aliphatic hydroxyl groups excluding tert-OH is 1. The topological polar surface area (TPSA) is 46.0 Å². The van der Waals surface area contributed by atoms with Crippen molar-refractivity contribution in [3.63, 3.8) is 0 Å². The Morgan fingerprint density at radius 2 is 2.12 bits per heavy atom. The standard InChI is InChI=1S/C12H11ClN2OS/c1-8(16)9-4-6-14-11(7-9)17-12-10(13)3-2-5-15-12/h2-8,16H,1H3/t8-/m1/s1. The van der Waals surface area contributed by atoms with Crippen LogP contribution in [-0.4, -0.2) is 15.1 Å². The van der Waals surface area contributed by atoms with Gasteiger partial charge in [0.05, 0.1) is 11.1 Å². The van der Waals surface area contributed by atoms with E-state index in [0.29, 0.717) is 10.0 Å². The maximum atomic E-state index is 9.49. The van der Waals surface area contributed by atoms with Crippen LogP contribution in [0.15, 0.2) is 46.7 Å². The lowest BCUT2D eigenvalue weighted by molar-refractivity contribution is 0.199. The zero-order chi connectivity index (χ0) is 12.3. The highest BCUT2D eigenvalue weighted by Crippen LogP contribution is 2.30. The van der Waals surface area contributed by atoms with Gasteiger partial charge in [0, 0.05) is 12.4 Å². The van der Waals surface area contributed by atoms with Crippen molar-refractivity contribution in [3.05, 3.63) is 47.2 Å². The quantitative estimate of drug-likeness (QED) is 0.926. The number of pyridine rings is 2. The smallest absolute Gasteiger partial charge is 0.121 e. The third-order valence-corrected chi connectivity index (χ3v) is 3.54. The van der Waals surface area contributed by atoms with Gasteiger partial charge in [0.2, 0.25) is 0 Å². The molecule has 0 fully saturated rings. The lowest BCUT2D eigenvalue weighted by atomic mass is 10.2. The molecule has 17 heavy (non-hydrogen) atoms. The van der Waals surface area contributed by atoms with Crippen LogP contribution in [0.2, 0.25) is 5.02 Å². The first kappa shape index (κ1) is 12.4. The molecule has 0 aromatic carbocycles. The summed E-state index contributed by atoms with van der Waals surface area (Å²) >= 11 is 7.40. The van der Waals surface area contributed by atoms with Crippen LogP contribution in [0.1, 0.15) is 18.6 Å². The van der Waals surface area contributed by atoms with Gasteiger partial charge in [-0.05, 0) is 48.5 Å². The lowest BCUT2D eigenvalue weighted by Gasteiger charge is -2.06. The molecule has 88 valence electrons. The molecule has 2 rings (SSSR count). The van der Waals surface area contributed by atoms with Crippen LogP contribution in [0, 0.1) is 0 Å². The van der Waals surface area contributed by atoms with Gasteiger partial charge in [0.1, 0.15) is 10.1 Å². The first-order valence-electron chi connectivity index (χ1n) is 5.09. The van der Waals surface area contributed by atoms with Crippen molar-refractivity contribution in [1.29, 1.82) is 0 Å². The second-order valence-corrected chi connectivity index (χ2v) is 4.91. The molecule has 1 N–H and O–H groups in total. The normalized spacial score (nSPS) is 12.4. The van der Waals surface area contributed by atoms with Crippen LogP contribution in [0.5, 0.6) is 0 Å². The highest BCUT2D eigenvalue weighted by atomic mass is 35.5. The zero-order valence-electron chi connectivity index (χ0n) is 9.17. The number of hydrogen-bond acceptors (Lipinski definition) is 4. The van der Waals surface area contributed by atoms with Gasteiger partial charge in [-0.25, -0.2) is 9.97 Å². The molecule has 0 unspecified atom stereocenters. The number of nitrogens with zero attached hydrogens (tertiary/aromatic N) is 2. The summed E-state index contributed by atoms with van der Waals surface area (Å²) in [5, 5.41) is 11.6. The fourth-order valence-electron chi connectivity index (χ4n) is 1.29. The fourth-order valence-corrected chi connectivity index (χ4v) is 2.31. The molecule has 0 spiro atoms. The maximum Gasteiger partial charge on any atom is 0.121 e. The van der Waals surface area contributed by atoms with E-state index in [-0.39, 0.29) is 0 Å². The van der Waals surface area contributed by atoms with Crippen molar-refractivity contribution in [3.8, 4) is 0 Å². The minimum Gasteiger partial charge on any atom is -0.389 e. The lowest BCUT2D eigenvalue weighted by Crippen LogP contribution is -1.92. The second kappa shape index (κ2) is 5.49. The summed E-state index contributed by atoms with van der Waals surface area (Å²) < 4.78 is 0. The number of aliphatic hydroxyl groups is 1. The number of aromatic nitrogens is 2. The molecule has 3 nitrogen and oxygen atoms in total. The van der Waals surface area contributed by atoms with E-state index in [9.17, 15) is 5.11 Å². The first-order valence-corrected chi connectivity index (χ1v) is 6.28. The molecule has 0 bridgehead atoms. The van der Waals surface area contributed by atoms with E-state index in [1.54, 1.807) is 37.5 Å². The zero-order valence-corrected chi connectivity index (χ0v) is 10.7. The van der Waals surface area contributed by atoms with E-state index in [0.717, 1.165) is 10.6 Å². The van der Waals surface area contributed by atoms with Crippen molar-refractivity contribution >= 4 is 23.4 Å². The molecule has 0 aliphatic heterocycles. The Morgan fingerprint density at radius 1 is 1.29 bits per heavy atom. The second-order valence-electron chi connectivity index (χ2n) is 3.50. The summed E-state index contributed by atoms with van der Waals surface area (Å²) in [6.07, 6.45) is 2.85. The SMILES string of the molecule is C[C@@H](O)c1ccnc(Sc2ncccc2Cl)c1. The van der Waals surface area contributed by atoms with Gasteiger partial charge in [-0.3, -0.25) is 0 Å². The van der Waals surface area contributed by atoms with Crippen LogP contribution in [0.25, 0.3) is 0 Å². The summed E-state index contributed by atoms with van der Waals surface area (Å²) in [6, 6.07) is 7.19. The van der Waals surface area contributed by atoms with E-state index in [1.165, 1.54) is 11.8 Å². The van der Waals surface area contributed by atoms with Crippen LogP contribution >= 0.6 is 23.4 Å². The molecule has 0 saturated heterocycles. The van der Waals surface area contributed by atoms with Crippen molar-refractivity contribution in [1.82, 2.24) is 9.97 Å².